The predicted octanol–water partition coefficient (Wildman–Crippen LogP) is 5.57. The van der Waals surface area contributed by atoms with Gasteiger partial charge in [-0.05, 0) is 54.3 Å². The van der Waals surface area contributed by atoms with Crippen molar-refractivity contribution in [2.75, 3.05) is 4.90 Å². The van der Waals surface area contributed by atoms with Crippen molar-refractivity contribution in [2.45, 2.75) is 26.2 Å². The van der Waals surface area contributed by atoms with Crippen LogP contribution in [0, 0.1) is 5.82 Å². The number of halogens is 1. The highest BCUT2D eigenvalue weighted by Gasteiger charge is 2.33. The lowest BCUT2D eigenvalue weighted by molar-refractivity contribution is -0.113. The quantitative estimate of drug-likeness (QED) is 0.506. The van der Waals surface area contributed by atoms with Crippen molar-refractivity contribution in [3.8, 4) is 0 Å². The van der Waals surface area contributed by atoms with Crippen molar-refractivity contribution >= 4 is 46.0 Å². The molecule has 5 heteroatoms. The Morgan fingerprint density at radius 3 is 2.44 bits per heavy atom. The van der Waals surface area contributed by atoms with Gasteiger partial charge in [-0.3, -0.25) is 9.69 Å². The average Bonchev–Trinajstić information content (AvgIpc) is 2.89. The Hall–Kier alpha value is -1.98. The number of hydrogen-bond donors (Lipinski definition) is 0. The highest BCUT2D eigenvalue weighted by atomic mass is 32.2. The van der Waals surface area contributed by atoms with Crippen molar-refractivity contribution in [1.29, 1.82) is 0 Å². The maximum Gasteiger partial charge on any atom is 0.270 e. The molecule has 1 aliphatic heterocycles. The van der Waals surface area contributed by atoms with E-state index in [9.17, 15) is 9.18 Å². The van der Waals surface area contributed by atoms with Crippen molar-refractivity contribution in [3.63, 3.8) is 0 Å². The Morgan fingerprint density at radius 2 is 1.80 bits per heavy atom. The largest absolute Gasteiger partial charge is 0.270 e. The minimum atomic E-state index is -0.298. The molecular formula is C20H18FNOS2. The van der Waals surface area contributed by atoms with Crippen LogP contribution < -0.4 is 4.90 Å². The predicted molar refractivity (Wildman–Crippen MR) is 107 cm³/mol. The van der Waals surface area contributed by atoms with Crippen molar-refractivity contribution in [1.82, 2.24) is 0 Å². The second kappa shape index (κ2) is 7.93. The number of rotatable bonds is 5. The molecule has 2 nitrogen and oxygen atoms in total. The molecule has 1 saturated heterocycles. The number of carbonyl (C=O) groups is 1. The number of thiocarbonyl (C=S) groups is 1. The van der Waals surface area contributed by atoms with Crippen LogP contribution in [0.3, 0.4) is 0 Å². The molecule has 0 bridgehead atoms. The molecule has 0 atom stereocenters. The smallest absolute Gasteiger partial charge is 0.268 e. The zero-order valence-electron chi connectivity index (χ0n) is 13.9. The zero-order chi connectivity index (χ0) is 17.8. The fraction of sp³-hybridized carbons (Fsp3) is 0.200. The average molecular weight is 372 g/mol. The summed E-state index contributed by atoms with van der Waals surface area (Å²) in [6.45, 7) is 2.17. The molecule has 3 rings (SSSR count). The normalized spacial score (nSPS) is 16.1. The van der Waals surface area contributed by atoms with E-state index in [1.54, 1.807) is 23.1 Å². The minimum absolute atomic E-state index is 0.138. The number of nitrogens with zero attached hydrogens (tertiary/aromatic N) is 1. The summed E-state index contributed by atoms with van der Waals surface area (Å²) in [4.78, 5) is 14.8. The number of hydrogen-bond acceptors (Lipinski definition) is 3. The molecule has 0 saturated carbocycles. The third-order valence-electron chi connectivity index (χ3n) is 3.98. The van der Waals surface area contributed by atoms with Crippen LogP contribution in [0.5, 0.6) is 0 Å². The van der Waals surface area contributed by atoms with E-state index in [0.717, 1.165) is 30.5 Å². The molecule has 0 N–H and O–H groups in total. The lowest BCUT2D eigenvalue weighted by Gasteiger charge is -2.15. The van der Waals surface area contributed by atoms with Gasteiger partial charge in [-0.15, -0.1) is 0 Å². The van der Waals surface area contributed by atoms with Gasteiger partial charge in [0, 0.05) is 0 Å². The van der Waals surface area contributed by atoms with E-state index in [0.29, 0.717) is 9.23 Å². The van der Waals surface area contributed by atoms with Crippen LogP contribution in [-0.2, 0) is 11.2 Å². The van der Waals surface area contributed by atoms with E-state index in [1.807, 2.05) is 24.3 Å². The highest BCUT2D eigenvalue weighted by Crippen LogP contribution is 2.36. The van der Waals surface area contributed by atoms with E-state index in [-0.39, 0.29) is 11.7 Å². The van der Waals surface area contributed by atoms with Gasteiger partial charge in [-0.2, -0.15) is 0 Å². The summed E-state index contributed by atoms with van der Waals surface area (Å²) in [7, 11) is 0. The van der Waals surface area contributed by atoms with Crippen LogP contribution in [0.15, 0.2) is 53.4 Å². The Morgan fingerprint density at radius 1 is 1.12 bits per heavy atom. The van der Waals surface area contributed by atoms with E-state index >= 15 is 0 Å². The van der Waals surface area contributed by atoms with E-state index in [2.05, 4.69) is 6.92 Å². The van der Waals surface area contributed by atoms with Crippen LogP contribution >= 0.6 is 24.0 Å². The summed E-state index contributed by atoms with van der Waals surface area (Å²) < 4.78 is 13.5. The highest BCUT2D eigenvalue weighted by molar-refractivity contribution is 8.27. The Bertz CT molecular complexity index is 813. The lowest BCUT2D eigenvalue weighted by atomic mass is 10.1. The number of unbranched alkanes of at least 4 members (excludes halogenated alkanes) is 1. The van der Waals surface area contributed by atoms with Crippen LogP contribution in [0.2, 0.25) is 0 Å². The molecule has 1 heterocycles. The summed E-state index contributed by atoms with van der Waals surface area (Å²) in [5.74, 6) is -0.437. The molecule has 2 aromatic carbocycles. The molecule has 0 spiro atoms. The van der Waals surface area contributed by atoms with Gasteiger partial charge in [0.2, 0.25) is 0 Å². The molecule has 0 radical (unpaired) electrons. The Balaban J connectivity index is 1.80. The van der Waals surface area contributed by atoms with E-state index < -0.39 is 0 Å². The number of amides is 1. The van der Waals surface area contributed by atoms with E-state index in [4.69, 9.17) is 12.2 Å². The molecule has 1 amide bonds. The molecule has 25 heavy (non-hydrogen) atoms. The molecule has 2 aromatic rings. The van der Waals surface area contributed by atoms with Crippen molar-refractivity contribution < 1.29 is 9.18 Å². The topological polar surface area (TPSA) is 20.3 Å². The van der Waals surface area contributed by atoms with Gasteiger partial charge in [0.25, 0.3) is 5.91 Å². The molecule has 0 aliphatic carbocycles. The maximum absolute atomic E-state index is 13.0. The Kier molecular flexibility index (Phi) is 5.66. The van der Waals surface area contributed by atoms with Gasteiger partial charge in [0.15, 0.2) is 4.32 Å². The SMILES string of the molecule is CCCCc1ccc(N2C(=O)/C(=C/c3ccc(F)cc3)SC2=S)cc1. The molecular weight excluding hydrogens is 353 g/mol. The molecule has 1 aliphatic rings. The minimum Gasteiger partial charge on any atom is -0.268 e. The summed E-state index contributed by atoms with van der Waals surface area (Å²) in [5, 5.41) is 0. The monoisotopic (exact) mass is 371 g/mol. The van der Waals surface area contributed by atoms with Crippen LogP contribution in [0.1, 0.15) is 30.9 Å². The summed E-state index contributed by atoms with van der Waals surface area (Å²) >= 11 is 6.65. The summed E-state index contributed by atoms with van der Waals surface area (Å²) in [6.07, 6.45) is 5.10. The molecule has 0 aromatic heterocycles. The summed E-state index contributed by atoms with van der Waals surface area (Å²) in [6, 6.07) is 14.0. The van der Waals surface area contributed by atoms with Gasteiger partial charge in [-0.25, -0.2) is 4.39 Å². The van der Waals surface area contributed by atoms with Gasteiger partial charge in [0.05, 0.1) is 10.6 Å². The first-order chi connectivity index (χ1) is 12.1. The molecule has 0 unspecified atom stereocenters. The fourth-order valence-electron chi connectivity index (χ4n) is 2.59. The third-order valence-corrected chi connectivity index (χ3v) is 5.28. The van der Waals surface area contributed by atoms with Crippen LogP contribution in [0.25, 0.3) is 6.08 Å². The summed E-state index contributed by atoms with van der Waals surface area (Å²) in [5.41, 5.74) is 2.82. The number of thioether (sulfide) groups is 1. The molecule has 1 fully saturated rings. The second-order valence-corrected chi connectivity index (χ2v) is 7.51. The third kappa shape index (κ3) is 4.17. The number of carbonyl (C=O) groups excluding carboxylic acids is 1. The van der Waals surface area contributed by atoms with Crippen LogP contribution in [0.4, 0.5) is 10.1 Å². The number of benzene rings is 2. The first kappa shape index (κ1) is 17.8. The van der Waals surface area contributed by atoms with Crippen molar-refractivity contribution in [3.05, 3.63) is 70.4 Å². The van der Waals surface area contributed by atoms with Gasteiger partial charge in [-0.1, -0.05) is 61.6 Å². The lowest BCUT2D eigenvalue weighted by Crippen LogP contribution is -2.27. The standard InChI is InChI=1S/C20H18FNOS2/c1-2-3-4-14-7-11-17(12-8-14)22-19(23)18(25-20(22)24)13-15-5-9-16(21)10-6-15/h5-13H,2-4H2,1H3/b18-13-. The first-order valence-corrected chi connectivity index (χ1v) is 9.43. The first-order valence-electron chi connectivity index (χ1n) is 8.21. The fourth-order valence-corrected chi connectivity index (χ4v) is 3.89. The second-order valence-electron chi connectivity index (χ2n) is 5.84. The number of anilines is 1. The van der Waals surface area contributed by atoms with Crippen LogP contribution in [-0.4, -0.2) is 10.2 Å². The van der Waals surface area contributed by atoms with Gasteiger partial charge < -0.3 is 0 Å². The van der Waals surface area contributed by atoms with Gasteiger partial charge in [0.1, 0.15) is 5.82 Å². The maximum atomic E-state index is 13.0. The molecule has 128 valence electrons. The number of aryl methyl sites for hydroxylation is 1. The Labute approximate surface area is 156 Å². The van der Waals surface area contributed by atoms with E-state index in [1.165, 1.54) is 29.5 Å². The van der Waals surface area contributed by atoms with Crippen molar-refractivity contribution in [2.24, 2.45) is 0 Å². The van der Waals surface area contributed by atoms with Gasteiger partial charge >= 0.3 is 0 Å². The zero-order valence-corrected chi connectivity index (χ0v) is 15.5.